The van der Waals surface area contributed by atoms with Gasteiger partial charge in [0.25, 0.3) is 5.91 Å². The quantitative estimate of drug-likeness (QED) is 0.743. The zero-order valence-corrected chi connectivity index (χ0v) is 13.1. The molecule has 1 amide bonds. The normalized spacial score (nSPS) is 10.5. The summed E-state index contributed by atoms with van der Waals surface area (Å²) in [6.07, 6.45) is 0. The number of hydrogen-bond acceptors (Lipinski definition) is 3. The van der Waals surface area contributed by atoms with Crippen molar-refractivity contribution in [3.8, 4) is 0 Å². The fourth-order valence-corrected chi connectivity index (χ4v) is 3.92. The Morgan fingerprint density at radius 3 is 2.75 bits per heavy atom. The predicted molar refractivity (Wildman–Crippen MR) is 73.2 cm³/mol. The van der Waals surface area contributed by atoms with Crippen LogP contribution in [-0.4, -0.2) is 37.6 Å². The lowest BCUT2D eigenvalue weighted by Gasteiger charge is -2.16. The average molecular weight is 371 g/mol. The second-order valence-corrected chi connectivity index (χ2v) is 6.91. The zero-order chi connectivity index (χ0) is 12.1. The molecule has 0 aromatic carbocycles. The van der Waals surface area contributed by atoms with Gasteiger partial charge in [-0.25, -0.2) is 0 Å². The Kier molecular flexibility index (Phi) is 5.96. The van der Waals surface area contributed by atoms with Crippen LogP contribution in [0, 0.1) is 0 Å². The zero-order valence-electron chi connectivity index (χ0n) is 9.13. The van der Waals surface area contributed by atoms with Gasteiger partial charge >= 0.3 is 0 Å². The molecule has 1 rings (SSSR count). The number of hydrogen-bond donors (Lipinski definition) is 0. The molecule has 1 heterocycles. The number of likely N-dealkylation sites (N-methyl/N-ethyl adjacent to an activating group) is 1. The van der Waals surface area contributed by atoms with E-state index in [1.165, 1.54) is 11.3 Å². The fourth-order valence-electron chi connectivity index (χ4n) is 1.14. The molecule has 16 heavy (non-hydrogen) atoms. The molecule has 0 aliphatic heterocycles. The van der Waals surface area contributed by atoms with Gasteiger partial charge in [-0.1, -0.05) is 0 Å². The van der Waals surface area contributed by atoms with Crippen molar-refractivity contribution in [1.82, 2.24) is 4.90 Å². The number of amides is 1. The van der Waals surface area contributed by atoms with Crippen molar-refractivity contribution >= 4 is 49.1 Å². The van der Waals surface area contributed by atoms with Gasteiger partial charge in [-0.05, 0) is 44.8 Å². The maximum Gasteiger partial charge on any atom is 0.255 e. The first kappa shape index (κ1) is 14.2. The van der Waals surface area contributed by atoms with Crippen molar-refractivity contribution in [2.45, 2.75) is 6.92 Å². The molecule has 3 nitrogen and oxygen atoms in total. The van der Waals surface area contributed by atoms with Gasteiger partial charge in [0, 0.05) is 20.2 Å². The van der Waals surface area contributed by atoms with E-state index in [2.05, 4.69) is 31.9 Å². The molecule has 0 unspecified atom stereocenters. The van der Waals surface area contributed by atoms with Crippen molar-refractivity contribution in [3.05, 3.63) is 19.2 Å². The maximum absolute atomic E-state index is 12.0. The third-order valence-corrected chi connectivity index (χ3v) is 4.35. The van der Waals surface area contributed by atoms with Gasteiger partial charge < -0.3 is 9.64 Å². The molecule has 0 N–H and O–H groups in total. The Labute approximate surface area is 116 Å². The van der Waals surface area contributed by atoms with E-state index in [1.54, 1.807) is 11.9 Å². The Hall–Kier alpha value is 0.0900. The van der Waals surface area contributed by atoms with E-state index in [1.807, 2.05) is 13.0 Å². The number of thiophene rings is 1. The molecule has 0 radical (unpaired) electrons. The van der Waals surface area contributed by atoms with E-state index in [9.17, 15) is 4.79 Å². The molecule has 1 aromatic heterocycles. The van der Waals surface area contributed by atoms with E-state index >= 15 is 0 Å². The van der Waals surface area contributed by atoms with E-state index in [-0.39, 0.29) is 5.91 Å². The number of halogens is 2. The van der Waals surface area contributed by atoms with E-state index < -0.39 is 0 Å². The van der Waals surface area contributed by atoms with Crippen LogP contribution in [-0.2, 0) is 4.74 Å². The second-order valence-electron chi connectivity index (χ2n) is 3.16. The Bertz CT molecular complexity index is 368. The largest absolute Gasteiger partial charge is 0.380 e. The summed E-state index contributed by atoms with van der Waals surface area (Å²) in [7, 11) is 1.78. The molecule has 0 saturated heterocycles. The van der Waals surface area contributed by atoms with Crippen LogP contribution in [0.15, 0.2) is 13.6 Å². The molecular weight excluding hydrogens is 358 g/mol. The van der Waals surface area contributed by atoms with Crippen LogP contribution in [0.2, 0.25) is 0 Å². The third-order valence-electron chi connectivity index (χ3n) is 2.01. The van der Waals surface area contributed by atoms with Gasteiger partial charge in [0.15, 0.2) is 0 Å². The monoisotopic (exact) mass is 369 g/mol. The summed E-state index contributed by atoms with van der Waals surface area (Å²) in [5.41, 5.74) is 0.691. The molecule has 0 aliphatic rings. The maximum atomic E-state index is 12.0. The van der Waals surface area contributed by atoms with Crippen molar-refractivity contribution in [2.75, 3.05) is 26.8 Å². The number of carbonyl (C=O) groups is 1. The first-order chi connectivity index (χ1) is 7.56. The SMILES string of the molecule is CCOCCN(C)C(=O)c1cc(Br)sc1Br. The molecule has 0 bridgehead atoms. The van der Waals surface area contributed by atoms with Crippen molar-refractivity contribution in [2.24, 2.45) is 0 Å². The lowest BCUT2D eigenvalue weighted by Crippen LogP contribution is -2.30. The minimum atomic E-state index is 0.00790. The minimum Gasteiger partial charge on any atom is -0.380 e. The number of ether oxygens (including phenoxy) is 1. The first-order valence-electron chi connectivity index (χ1n) is 4.84. The van der Waals surface area contributed by atoms with Gasteiger partial charge in [-0.2, -0.15) is 0 Å². The fraction of sp³-hybridized carbons (Fsp3) is 0.500. The highest BCUT2D eigenvalue weighted by Crippen LogP contribution is 2.32. The summed E-state index contributed by atoms with van der Waals surface area (Å²) in [6, 6.07) is 1.83. The third kappa shape index (κ3) is 3.84. The van der Waals surface area contributed by atoms with Crippen molar-refractivity contribution in [3.63, 3.8) is 0 Å². The number of nitrogens with zero attached hydrogens (tertiary/aromatic N) is 1. The Morgan fingerprint density at radius 1 is 1.56 bits per heavy atom. The molecular formula is C10H13Br2NO2S. The Morgan fingerprint density at radius 2 is 2.25 bits per heavy atom. The molecule has 0 atom stereocenters. The van der Waals surface area contributed by atoms with Gasteiger partial charge in [-0.3, -0.25) is 4.79 Å². The minimum absolute atomic E-state index is 0.00790. The summed E-state index contributed by atoms with van der Waals surface area (Å²) in [5, 5.41) is 0. The van der Waals surface area contributed by atoms with Crippen LogP contribution < -0.4 is 0 Å². The summed E-state index contributed by atoms with van der Waals surface area (Å²) in [5.74, 6) is 0.00790. The Balaban J connectivity index is 2.60. The molecule has 6 heteroatoms. The molecule has 0 aliphatic carbocycles. The van der Waals surface area contributed by atoms with Gasteiger partial charge in [0.2, 0.25) is 0 Å². The summed E-state index contributed by atoms with van der Waals surface area (Å²) in [4.78, 5) is 13.7. The van der Waals surface area contributed by atoms with Gasteiger partial charge in [0.05, 0.1) is 19.7 Å². The standard InChI is InChI=1S/C10H13Br2NO2S/c1-3-15-5-4-13(2)10(14)7-6-8(11)16-9(7)12/h6H,3-5H2,1-2H3. The summed E-state index contributed by atoms with van der Waals surface area (Å²) in [6.45, 7) is 3.79. The van der Waals surface area contributed by atoms with Gasteiger partial charge in [0.1, 0.15) is 0 Å². The van der Waals surface area contributed by atoms with Crippen molar-refractivity contribution in [1.29, 1.82) is 0 Å². The lowest BCUT2D eigenvalue weighted by molar-refractivity contribution is 0.0709. The lowest BCUT2D eigenvalue weighted by atomic mass is 10.3. The van der Waals surface area contributed by atoms with E-state index in [4.69, 9.17) is 4.74 Å². The van der Waals surface area contributed by atoms with E-state index in [0.29, 0.717) is 25.3 Å². The molecule has 0 saturated carbocycles. The smallest absolute Gasteiger partial charge is 0.255 e. The number of rotatable bonds is 5. The van der Waals surface area contributed by atoms with Crippen LogP contribution in [0.25, 0.3) is 0 Å². The highest BCUT2D eigenvalue weighted by Gasteiger charge is 2.17. The van der Waals surface area contributed by atoms with Crippen LogP contribution in [0.1, 0.15) is 17.3 Å². The number of carbonyl (C=O) groups excluding carboxylic acids is 1. The molecule has 90 valence electrons. The van der Waals surface area contributed by atoms with Crippen LogP contribution in [0.4, 0.5) is 0 Å². The first-order valence-corrected chi connectivity index (χ1v) is 7.24. The summed E-state index contributed by atoms with van der Waals surface area (Å²) >= 11 is 8.23. The van der Waals surface area contributed by atoms with E-state index in [0.717, 1.165) is 7.57 Å². The highest BCUT2D eigenvalue weighted by atomic mass is 79.9. The van der Waals surface area contributed by atoms with Crippen LogP contribution >= 0.6 is 43.2 Å². The second kappa shape index (κ2) is 6.74. The molecule has 0 spiro atoms. The summed E-state index contributed by atoms with van der Waals surface area (Å²) < 4.78 is 7.01. The van der Waals surface area contributed by atoms with Crippen LogP contribution in [0.5, 0.6) is 0 Å². The van der Waals surface area contributed by atoms with Gasteiger partial charge in [-0.15, -0.1) is 11.3 Å². The average Bonchev–Trinajstić information content (AvgIpc) is 2.57. The molecule has 0 fully saturated rings. The molecule has 1 aromatic rings. The predicted octanol–water partition coefficient (Wildman–Crippen LogP) is 3.38. The van der Waals surface area contributed by atoms with Crippen molar-refractivity contribution < 1.29 is 9.53 Å². The topological polar surface area (TPSA) is 29.5 Å². The highest BCUT2D eigenvalue weighted by molar-refractivity contribution is 9.12. The van der Waals surface area contributed by atoms with Crippen LogP contribution in [0.3, 0.4) is 0 Å².